The van der Waals surface area contributed by atoms with Gasteiger partial charge < -0.3 is 20.3 Å². The molecule has 1 heterocycles. The number of amides is 2. The Morgan fingerprint density at radius 2 is 1.59 bits per heavy atom. The molecule has 0 spiro atoms. The first-order valence-corrected chi connectivity index (χ1v) is 10.2. The van der Waals surface area contributed by atoms with Gasteiger partial charge in [-0.3, -0.25) is 9.59 Å². The molecular formula is C23H29N3O3. The Bertz CT molecular complexity index is 800. The van der Waals surface area contributed by atoms with Crippen LogP contribution in [0.1, 0.15) is 35.7 Å². The van der Waals surface area contributed by atoms with Gasteiger partial charge in [0.25, 0.3) is 5.91 Å². The molecule has 3 rings (SSSR count). The molecule has 6 heteroatoms. The number of benzene rings is 2. The first-order valence-electron chi connectivity index (χ1n) is 10.2. The summed E-state index contributed by atoms with van der Waals surface area (Å²) >= 11 is 0. The molecule has 2 N–H and O–H groups in total. The van der Waals surface area contributed by atoms with Crippen LogP contribution in [0.2, 0.25) is 0 Å². The van der Waals surface area contributed by atoms with Gasteiger partial charge in [0.1, 0.15) is 12.4 Å². The summed E-state index contributed by atoms with van der Waals surface area (Å²) < 4.78 is 5.77. The average molecular weight is 396 g/mol. The zero-order valence-electron chi connectivity index (χ0n) is 16.9. The van der Waals surface area contributed by atoms with Gasteiger partial charge in [-0.05, 0) is 36.2 Å². The maximum atomic E-state index is 12.8. The van der Waals surface area contributed by atoms with Crippen molar-refractivity contribution in [2.75, 3.05) is 26.2 Å². The number of ether oxygens (including phenoxy) is 1. The second-order valence-corrected chi connectivity index (χ2v) is 7.31. The van der Waals surface area contributed by atoms with Crippen molar-refractivity contribution in [2.24, 2.45) is 5.73 Å². The van der Waals surface area contributed by atoms with Crippen molar-refractivity contribution < 1.29 is 14.3 Å². The molecule has 0 aliphatic carbocycles. The minimum absolute atomic E-state index is 0.0149. The molecule has 0 bridgehead atoms. The third-order valence-electron chi connectivity index (χ3n) is 5.15. The monoisotopic (exact) mass is 395 g/mol. The molecule has 1 atom stereocenters. The maximum Gasteiger partial charge on any atom is 0.253 e. The zero-order chi connectivity index (χ0) is 20.6. The van der Waals surface area contributed by atoms with Crippen molar-refractivity contribution in [3.8, 4) is 5.75 Å². The summed E-state index contributed by atoms with van der Waals surface area (Å²) in [5.41, 5.74) is 7.66. The Hall–Kier alpha value is -2.86. The molecule has 0 radical (unpaired) electrons. The van der Waals surface area contributed by atoms with Gasteiger partial charge in [-0.25, -0.2) is 0 Å². The van der Waals surface area contributed by atoms with Crippen LogP contribution < -0.4 is 10.5 Å². The van der Waals surface area contributed by atoms with Crippen LogP contribution in [0.5, 0.6) is 5.75 Å². The van der Waals surface area contributed by atoms with Crippen molar-refractivity contribution in [2.45, 2.75) is 32.4 Å². The molecule has 2 aromatic rings. The van der Waals surface area contributed by atoms with Gasteiger partial charge in [-0.15, -0.1) is 0 Å². The zero-order valence-corrected chi connectivity index (χ0v) is 16.9. The summed E-state index contributed by atoms with van der Waals surface area (Å²) in [4.78, 5) is 28.6. The first kappa shape index (κ1) is 20.9. The van der Waals surface area contributed by atoms with Crippen LogP contribution in [0.25, 0.3) is 0 Å². The summed E-state index contributed by atoms with van der Waals surface area (Å²) in [7, 11) is 0. The van der Waals surface area contributed by atoms with Crippen LogP contribution in [0.4, 0.5) is 0 Å². The molecule has 1 fully saturated rings. The van der Waals surface area contributed by atoms with Crippen LogP contribution in [-0.2, 0) is 11.4 Å². The fraction of sp³-hybridized carbons (Fsp3) is 0.391. The van der Waals surface area contributed by atoms with E-state index in [1.54, 1.807) is 21.9 Å². The highest BCUT2D eigenvalue weighted by Gasteiger charge is 2.27. The van der Waals surface area contributed by atoms with Crippen molar-refractivity contribution in [3.05, 3.63) is 65.7 Å². The number of piperazine rings is 1. The van der Waals surface area contributed by atoms with Crippen LogP contribution >= 0.6 is 0 Å². The molecule has 2 aromatic carbocycles. The van der Waals surface area contributed by atoms with Crippen LogP contribution in [-0.4, -0.2) is 53.8 Å². The number of hydrogen-bond acceptors (Lipinski definition) is 4. The van der Waals surface area contributed by atoms with Gasteiger partial charge in [-0.1, -0.05) is 43.7 Å². The Labute approximate surface area is 172 Å². The van der Waals surface area contributed by atoms with E-state index in [0.717, 1.165) is 17.7 Å². The summed E-state index contributed by atoms with van der Waals surface area (Å²) in [6.07, 6.45) is 1.58. The second kappa shape index (κ2) is 10.1. The fourth-order valence-corrected chi connectivity index (χ4v) is 3.42. The lowest BCUT2D eigenvalue weighted by Crippen LogP contribution is -2.54. The lowest BCUT2D eigenvalue weighted by molar-refractivity contribution is -0.134. The summed E-state index contributed by atoms with van der Waals surface area (Å²) in [5, 5.41) is 0. The maximum absolute atomic E-state index is 12.8. The number of nitrogens with two attached hydrogens (primary N) is 1. The van der Waals surface area contributed by atoms with Crippen molar-refractivity contribution >= 4 is 11.8 Å². The normalized spacial score (nSPS) is 15.1. The quantitative estimate of drug-likeness (QED) is 0.782. The van der Waals surface area contributed by atoms with E-state index in [1.165, 1.54) is 0 Å². The van der Waals surface area contributed by atoms with E-state index >= 15 is 0 Å². The SMILES string of the molecule is CCCC(N)C(=O)N1CCN(C(=O)c2ccc(OCc3ccccc3)cc2)CC1. The third kappa shape index (κ3) is 5.57. The highest BCUT2D eigenvalue weighted by Crippen LogP contribution is 2.16. The number of hydrogen-bond donors (Lipinski definition) is 1. The van der Waals surface area contributed by atoms with Gasteiger partial charge in [-0.2, -0.15) is 0 Å². The molecule has 154 valence electrons. The van der Waals surface area contributed by atoms with E-state index in [4.69, 9.17) is 10.5 Å². The van der Waals surface area contributed by atoms with Crippen LogP contribution in [0, 0.1) is 0 Å². The smallest absolute Gasteiger partial charge is 0.253 e. The Kier molecular flexibility index (Phi) is 7.25. The molecule has 2 amide bonds. The van der Waals surface area contributed by atoms with E-state index in [0.29, 0.717) is 44.8 Å². The van der Waals surface area contributed by atoms with E-state index in [-0.39, 0.29) is 11.8 Å². The first-order chi connectivity index (χ1) is 14.1. The Morgan fingerprint density at radius 3 is 2.21 bits per heavy atom. The molecule has 1 aliphatic heterocycles. The van der Waals surface area contributed by atoms with Crippen LogP contribution in [0.15, 0.2) is 54.6 Å². The number of nitrogens with zero attached hydrogens (tertiary/aromatic N) is 2. The molecule has 29 heavy (non-hydrogen) atoms. The molecule has 1 saturated heterocycles. The van der Waals surface area contributed by atoms with E-state index in [2.05, 4.69) is 0 Å². The fourth-order valence-electron chi connectivity index (χ4n) is 3.42. The number of carbonyl (C=O) groups excluding carboxylic acids is 2. The number of carbonyl (C=O) groups is 2. The van der Waals surface area contributed by atoms with Crippen LogP contribution in [0.3, 0.4) is 0 Å². The second-order valence-electron chi connectivity index (χ2n) is 7.31. The molecule has 1 aliphatic rings. The average Bonchev–Trinajstić information content (AvgIpc) is 2.78. The lowest BCUT2D eigenvalue weighted by atomic mass is 10.1. The summed E-state index contributed by atoms with van der Waals surface area (Å²) in [5.74, 6) is 0.689. The summed E-state index contributed by atoms with van der Waals surface area (Å²) in [6, 6.07) is 16.7. The largest absolute Gasteiger partial charge is 0.489 e. The van der Waals surface area contributed by atoms with Gasteiger partial charge in [0.2, 0.25) is 5.91 Å². The predicted molar refractivity (Wildman–Crippen MR) is 113 cm³/mol. The minimum Gasteiger partial charge on any atom is -0.489 e. The Balaban J connectivity index is 1.50. The van der Waals surface area contributed by atoms with E-state index in [1.807, 2.05) is 49.4 Å². The molecule has 0 aromatic heterocycles. The molecule has 0 saturated carbocycles. The molecule has 1 unspecified atom stereocenters. The van der Waals surface area contributed by atoms with Gasteiger partial charge >= 0.3 is 0 Å². The van der Waals surface area contributed by atoms with Crippen molar-refractivity contribution in [1.29, 1.82) is 0 Å². The minimum atomic E-state index is -0.439. The summed E-state index contributed by atoms with van der Waals surface area (Å²) in [6.45, 7) is 4.61. The van der Waals surface area contributed by atoms with Crippen molar-refractivity contribution in [3.63, 3.8) is 0 Å². The standard InChI is InChI=1S/C23H29N3O3/c1-2-6-21(24)23(28)26-15-13-25(14-16-26)22(27)19-9-11-20(12-10-19)29-17-18-7-4-3-5-8-18/h3-5,7-12,21H,2,6,13-17,24H2,1H3. The highest BCUT2D eigenvalue weighted by molar-refractivity contribution is 5.94. The molecule has 6 nitrogen and oxygen atoms in total. The topological polar surface area (TPSA) is 75.9 Å². The van der Waals surface area contributed by atoms with Gasteiger partial charge in [0.15, 0.2) is 0 Å². The number of rotatable bonds is 7. The highest BCUT2D eigenvalue weighted by atomic mass is 16.5. The van der Waals surface area contributed by atoms with E-state index < -0.39 is 6.04 Å². The van der Waals surface area contributed by atoms with Gasteiger partial charge in [0, 0.05) is 31.7 Å². The van der Waals surface area contributed by atoms with Gasteiger partial charge in [0.05, 0.1) is 6.04 Å². The molecular weight excluding hydrogens is 366 g/mol. The third-order valence-corrected chi connectivity index (χ3v) is 5.15. The lowest BCUT2D eigenvalue weighted by Gasteiger charge is -2.36. The van der Waals surface area contributed by atoms with E-state index in [9.17, 15) is 9.59 Å². The predicted octanol–water partition coefficient (Wildman–Crippen LogP) is 2.68. The van der Waals surface area contributed by atoms with Crippen molar-refractivity contribution in [1.82, 2.24) is 9.80 Å². The Morgan fingerprint density at radius 1 is 0.966 bits per heavy atom.